The van der Waals surface area contributed by atoms with Crippen LogP contribution < -0.4 is 11.2 Å². The third-order valence-corrected chi connectivity index (χ3v) is 4.95. The number of hydrogen-bond acceptors (Lipinski definition) is 4. The lowest BCUT2D eigenvalue weighted by Gasteiger charge is -2.10. The van der Waals surface area contributed by atoms with Gasteiger partial charge >= 0.3 is 5.69 Å². The molecule has 1 aromatic carbocycles. The van der Waals surface area contributed by atoms with E-state index in [1.807, 2.05) is 24.3 Å². The number of rotatable bonds is 3. The first-order valence-electron chi connectivity index (χ1n) is 6.91. The molecule has 0 fully saturated rings. The van der Waals surface area contributed by atoms with Crippen LogP contribution in [0.3, 0.4) is 0 Å². The Kier molecular flexibility index (Phi) is 4.28. The fourth-order valence-electron chi connectivity index (χ4n) is 2.37. The van der Waals surface area contributed by atoms with Gasteiger partial charge < -0.3 is 0 Å². The van der Waals surface area contributed by atoms with Crippen molar-refractivity contribution in [1.29, 1.82) is 0 Å². The van der Waals surface area contributed by atoms with Gasteiger partial charge in [-0.15, -0.1) is 11.8 Å². The molecule has 3 aromatic rings. The Bertz CT molecular complexity index is 1010. The van der Waals surface area contributed by atoms with E-state index in [0.717, 1.165) is 15.0 Å². The quantitative estimate of drug-likeness (QED) is 0.683. The predicted octanol–water partition coefficient (Wildman–Crippen LogP) is 2.58. The highest BCUT2D eigenvalue weighted by molar-refractivity contribution is 7.98. The van der Waals surface area contributed by atoms with Crippen LogP contribution in [0, 0.1) is 0 Å². The zero-order chi connectivity index (χ0) is 16.6. The van der Waals surface area contributed by atoms with Gasteiger partial charge in [-0.05, 0) is 23.8 Å². The van der Waals surface area contributed by atoms with Crippen molar-refractivity contribution in [3.63, 3.8) is 0 Å². The van der Waals surface area contributed by atoms with Gasteiger partial charge in [0.1, 0.15) is 5.65 Å². The van der Waals surface area contributed by atoms with Crippen LogP contribution in [-0.2, 0) is 19.8 Å². The van der Waals surface area contributed by atoms with E-state index < -0.39 is 0 Å². The Morgan fingerprint density at radius 3 is 2.70 bits per heavy atom. The molecule has 0 radical (unpaired) electrons. The minimum Gasteiger partial charge on any atom is -0.280 e. The molecular weight excluding hydrogens is 334 g/mol. The normalized spacial score (nSPS) is 11.1. The first-order chi connectivity index (χ1) is 11.0. The standard InChI is InChI=1S/C16H14ClN3O2S/c1-19-14-13(15(21)20(2)16(19)22)12(6-7-18-14)23-9-10-4-3-5-11(17)8-10/h3-8H,9H2,1-2H3. The summed E-state index contributed by atoms with van der Waals surface area (Å²) in [5.41, 5.74) is 0.750. The van der Waals surface area contributed by atoms with E-state index >= 15 is 0 Å². The van der Waals surface area contributed by atoms with Crippen molar-refractivity contribution in [1.82, 2.24) is 14.1 Å². The molecule has 0 aliphatic carbocycles. The second-order valence-corrected chi connectivity index (χ2v) is 6.59. The van der Waals surface area contributed by atoms with Crippen molar-refractivity contribution >= 4 is 34.4 Å². The molecule has 0 saturated carbocycles. The van der Waals surface area contributed by atoms with Crippen molar-refractivity contribution in [3.8, 4) is 0 Å². The van der Waals surface area contributed by atoms with Gasteiger partial charge in [0.05, 0.1) is 5.39 Å². The lowest BCUT2D eigenvalue weighted by Crippen LogP contribution is -2.37. The molecule has 0 aliphatic rings. The molecule has 0 aliphatic heterocycles. The predicted molar refractivity (Wildman–Crippen MR) is 93.2 cm³/mol. The number of fused-ring (bicyclic) bond motifs is 1. The maximum absolute atomic E-state index is 12.5. The largest absolute Gasteiger partial charge is 0.332 e. The third-order valence-electron chi connectivity index (χ3n) is 3.59. The average molecular weight is 348 g/mol. The lowest BCUT2D eigenvalue weighted by molar-refractivity contribution is 0.706. The summed E-state index contributed by atoms with van der Waals surface area (Å²) in [6.45, 7) is 0. The van der Waals surface area contributed by atoms with Crippen molar-refractivity contribution in [2.75, 3.05) is 0 Å². The summed E-state index contributed by atoms with van der Waals surface area (Å²) < 4.78 is 2.49. The first-order valence-corrected chi connectivity index (χ1v) is 8.27. The Hall–Kier alpha value is -2.05. The molecule has 0 saturated heterocycles. The van der Waals surface area contributed by atoms with Crippen LogP contribution in [0.5, 0.6) is 0 Å². The number of aryl methyl sites for hydroxylation is 1. The zero-order valence-electron chi connectivity index (χ0n) is 12.6. The van der Waals surface area contributed by atoms with E-state index in [4.69, 9.17) is 11.6 Å². The van der Waals surface area contributed by atoms with Crippen LogP contribution in [0.25, 0.3) is 11.0 Å². The number of benzene rings is 1. The summed E-state index contributed by atoms with van der Waals surface area (Å²) >= 11 is 7.52. The van der Waals surface area contributed by atoms with Gasteiger partial charge in [0.2, 0.25) is 0 Å². The fraction of sp³-hybridized carbons (Fsp3) is 0.188. The summed E-state index contributed by atoms with van der Waals surface area (Å²) in [4.78, 5) is 29.4. The van der Waals surface area contributed by atoms with E-state index in [0.29, 0.717) is 21.8 Å². The number of thioether (sulfide) groups is 1. The molecular formula is C16H14ClN3O2S. The van der Waals surface area contributed by atoms with Crippen molar-refractivity contribution in [2.45, 2.75) is 10.6 Å². The smallest absolute Gasteiger partial charge is 0.280 e. The third kappa shape index (κ3) is 2.92. The molecule has 23 heavy (non-hydrogen) atoms. The molecule has 0 atom stereocenters. The van der Waals surface area contributed by atoms with Gasteiger partial charge in [-0.25, -0.2) is 9.78 Å². The summed E-state index contributed by atoms with van der Waals surface area (Å²) in [5.74, 6) is 0.672. The Morgan fingerprint density at radius 1 is 1.17 bits per heavy atom. The van der Waals surface area contributed by atoms with Gasteiger partial charge in [0, 0.05) is 36.0 Å². The molecule has 2 heterocycles. The van der Waals surface area contributed by atoms with Crippen molar-refractivity contribution in [3.05, 3.63) is 68.0 Å². The highest BCUT2D eigenvalue weighted by Gasteiger charge is 2.13. The van der Waals surface area contributed by atoms with Crippen molar-refractivity contribution < 1.29 is 0 Å². The molecule has 0 unspecified atom stereocenters. The summed E-state index contributed by atoms with van der Waals surface area (Å²) in [7, 11) is 3.09. The van der Waals surface area contributed by atoms with Crippen LogP contribution in [0.1, 0.15) is 5.56 Å². The summed E-state index contributed by atoms with van der Waals surface area (Å²) in [6, 6.07) is 9.39. The van der Waals surface area contributed by atoms with E-state index in [1.165, 1.54) is 23.4 Å². The van der Waals surface area contributed by atoms with Gasteiger partial charge in [0.25, 0.3) is 5.56 Å². The van der Waals surface area contributed by atoms with Crippen LogP contribution in [0.15, 0.2) is 51.0 Å². The number of pyridine rings is 1. The minimum absolute atomic E-state index is 0.329. The molecule has 118 valence electrons. The minimum atomic E-state index is -0.382. The molecule has 7 heteroatoms. The van der Waals surface area contributed by atoms with Gasteiger partial charge in [-0.2, -0.15) is 0 Å². The van der Waals surface area contributed by atoms with E-state index in [1.54, 1.807) is 19.3 Å². The molecule has 2 aromatic heterocycles. The maximum Gasteiger partial charge on any atom is 0.332 e. The summed E-state index contributed by atoms with van der Waals surface area (Å²) in [6.07, 6.45) is 1.61. The maximum atomic E-state index is 12.5. The molecule has 5 nitrogen and oxygen atoms in total. The van der Waals surface area contributed by atoms with E-state index in [9.17, 15) is 9.59 Å². The van der Waals surface area contributed by atoms with Crippen LogP contribution >= 0.6 is 23.4 Å². The second kappa shape index (κ2) is 6.22. The zero-order valence-corrected chi connectivity index (χ0v) is 14.2. The molecule has 0 amide bonds. The monoisotopic (exact) mass is 347 g/mol. The molecule has 0 N–H and O–H groups in total. The number of hydrogen-bond donors (Lipinski definition) is 0. The average Bonchev–Trinajstić information content (AvgIpc) is 2.56. The SMILES string of the molecule is Cn1c(=O)c2c(SCc3cccc(Cl)c3)ccnc2n(C)c1=O. The Morgan fingerprint density at radius 2 is 1.96 bits per heavy atom. The van der Waals surface area contributed by atoms with Crippen LogP contribution in [-0.4, -0.2) is 14.1 Å². The van der Waals surface area contributed by atoms with Crippen molar-refractivity contribution in [2.24, 2.45) is 14.1 Å². The van der Waals surface area contributed by atoms with Crippen LogP contribution in [0.4, 0.5) is 0 Å². The van der Waals surface area contributed by atoms with Gasteiger partial charge in [0.15, 0.2) is 0 Å². The first kappa shape index (κ1) is 15.8. The number of aromatic nitrogens is 3. The summed E-state index contributed by atoms with van der Waals surface area (Å²) in [5, 5.41) is 1.14. The Labute approximate surface area is 141 Å². The van der Waals surface area contributed by atoms with Crippen LogP contribution in [0.2, 0.25) is 5.02 Å². The molecule has 3 rings (SSSR count). The molecule has 0 bridgehead atoms. The number of nitrogens with zero attached hydrogens (tertiary/aromatic N) is 3. The Balaban J connectivity index is 2.08. The number of halogens is 1. The topological polar surface area (TPSA) is 56.9 Å². The molecule has 0 spiro atoms. The van der Waals surface area contributed by atoms with E-state index in [-0.39, 0.29) is 11.2 Å². The van der Waals surface area contributed by atoms with Gasteiger partial charge in [-0.3, -0.25) is 13.9 Å². The highest BCUT2D eigenvalue weighted by Crippen LogP contribution is 2.27. The fourth-order valence-corrected chi connectivity index (χ4v) is 3.56. The highest BCUT2D eigenvalue weighted by atomic mass is 35.5. The second-order valence-electron chi connectivity index (χ2n) is 5.13. The van der Waals surface area contributed by atoms with E-state index in [2.05, 4.69) is 4.98 Å². The van der Waals surface area contributed by atoms with Gasteiger partial charge in [-0.1, -0.05) is 23.7 Å². The lowest BCUT2D eigenvalue weighted by atomic mass is 10.2.